The quantitative estimate of drug-likeness (QED) is 0.728. The Morgan fingerprint density at radius 1 is 1.12 bits per heavy atom. The summed E-state index contributed by atoms with van der Waals surface area (Å²) < 4.78 is 5.60. The second-order valence-corrected chi connectivity index (χ2v) is 8.76. The number of carbonyl (C=O) groups is 1. The van der Waals surface area contributed by atoms with Gasteiger partial charge in [-0.15, -0.1) is 0 Å². The first-order chi connectivity index (χ1) is 12.0. The maximum atomic E-state index is 12.3. The van der Waals surface area contributed by atoms with Crippen LogP contribution in [0.2, 0.25) is 10.0 Å². The fourth-order valence-electron chi connectivity index (χ4n) is 5.47. The number of benzene rings is 1. The topological polar surface area (TPSA) is 50.4 Å². The molecular formula is C19H24Cl2N2O2. The molecule has 25 heavy (non-hydrogen) atoms. The summed E-state index contributed by atoms with van der Waals surface area (Å²) in [6.07, 6.45) is 7.58. The van der Waals surface area contributed by atoms with Gasteiger partial charge in [0.05, 0.1) is 11.6 Å². The van der Waals surface area contributed by atoms with Gasteiger partial charge in [0.15, 0.2) is 0 Å². The molecule has 6 heteroatoms. The monoisotopic (exact) mass is 382 g/mol. The van der Waals surface area contributed by atoms with Crippen molar-refractivity contribution in [3.63, 3.8) is 0 Å². The molecule has 0 saturated heterocycles. The zero-order valence-corrected chi connectivity index (χ0v) is 15.7. The van der Waals surface area contributed by atoms with Crippen molar-refractivity contribution in [1.29, 1.82) is 0 Å². The second kappa shape index (κ2) is 6.88. The molecule has 4 bridgehead atoms. The largest absolute Gasteiger partial charge is 0.490 e. The highest BCUT2D eigenvalue weighted by Gasteiger charge is 2.51. The smallest absolute Gasteiger partial charge is 0.315 e. The van der Waals surface area contributed by atoms with Crippen molar-refractivity contribution in [2.45, 2.75) is 44.1 Å². The molecule has 4 aliphatic carbocycles. The van der Waals surface area contributed by atoms with E-state index in [1.807, 2.05) is 0 Å². The molecule has 0 radical (unpaired) electrons. The molecule has 0 spiro atoms. The molecule has 4 fully saturated rings. The van der Waals surface area contributed by atoms with Crippen LogP contribution in [0.5, 0.6) is 5.75 Å². The Balaban J connectivity index is 1.24. The summed E-state index contributed by atoms with van der Waals surface area (Å²) in [5.74, 6) is 3.00. The van der Waals surface area contributed by atoms with Crippen LogP contribution in [0.3, 0.4) is 0 Å². The van der Waals surface area contributed by atoms with E-state index in [0.717, 1.165) is 37.0 Å². The first-order valence-electron chi connectivity index (χ1n) is 9.16. The standard InChI is InChI=1S/C19H24Cl2N2O2/c20-15-2-1-3-16(17(15)21)25-5-4-22-18(24)23-19-9-12-6-13(10-19)8-14(7-12)11-19/h1-3,12-14H,4-11H2,(H2,22,23,24). The Hall–Kier alpha value is -1.13. The lowest BCUT2D eigenvalue weighted by Crippen LogP contribution is -2.61. The van der Waals surface area contributed by atoms with Crippen LogP contribution < -0.4 is 15.4 Å². The van der Waals surface area contributed by atoms with Crippen molar-refractivity contribution in [2.24, 2.45) is 17.8 Å². The van der Waals surface area contributed by atoms with Crippen molar-refractivity contribution in [3.05, 3.63) is 28.2 Å². The lowest BCUT2D eigenvalue weighted by molar-refractivity contribution is -0.0135. The number of urea groups is 1. The van der Waals surface area contributed by atoms with E-state index >= 15 is 0 Å². The zero-order valence-electron chi connectivity index (χ0n) is 14.2. The summed E-state index contributed by atoms with van der Waals surface area (Å²) in [6.45, 7) is 0.787. The van der Waals surface area contributed by atoms with E-state index in [-0.39, 0.29) is 11.6 Å². The number of hydrogen-bond donors (Lipinski definition) is 2. The third kappa shape index (κ3) is 3.70. The number of ether oxygens (including phenoxy) is 1. The van der Waals surface area contributed by atoms with Crippen molar-refractivity contribution in [1.82, 2.24) is 10.6 Å². The molecule has 4 saturated carbocycles. The van der Waals surface area contributed by atoms with E-state index in [9.17, 15) is 4.79 Å². The summed E-state index contributed by atoms with van der Waals surface area (Å²) in [7, 11) is 0. The molecule has 5 rings (SSSR count). The molecule has 0 aromatic heterocycles. The Bertz CT molecular complexity index is 630. The van der Waals surface area contributed by atoms with Crippen LogP contribution in [-0.4, -0.2) is 24.7 Å². The molecule has 1 aromatic rings. The Labute approximate surface area is 158 Å². The lowest BCUT2D eigenvalue weighted by Gasteiger charge is -2.56. The molecule has 4 aliphatic rings. The predicted octanol–water partition coefficient (Wildman–Crippen LogP) is 4.64. The van der Waals surface area contributed by atoms with E-state index in [0.29, 0.717) is 28.9 Å². The summed E-state index contributed by atoms with van der Waals surface area (Å²) >= 11 is 12.0. The minimum absolute atomic E-state index is 0.0377. The van der Waals surface area contributed by atoms with Crippen molar-refractivity contribution in [2.75, 3.05) is 13.2 Å². The van der Waals surface area contributed by atoms with Crippen LogP contribution >= 0.6 is 23.2 Å². The molecule has 136 valence electrons. The van der Waals surface area contributed by atoms with Crippen molar-refractivity contribution in [3.8, 4) is 5.75 Å². The summed E-state index contributed by atoms with van der Waals surface area (Å²) in [6, 6.07) is 5.19. The van der Waals surface area contributed by atoms with Gasteiger partial charge >= 0.3 is 6.03 Å². The number of hydrogen-bond acceptors (Lipinski definition) is 2. The van der Waals surface area contributed by atoms with Gasteiger partial charge in [-0.25, -0.2) is 4.79 Å². The van der Waals surface area contributed by atoms with Crippen LogP contribution in [0.4, 0.5) is 4.79 Å². The average molecular weight is 383 g/mol. The van der Waals surface area contributed by atoms with E-state index in [1.54, 1.807) is 18.2 Å². The normalized spacial score (nSPS) is 32.5. The van der Waals surface area contributed by atoms with E-state index in [4.69, 9.17) is 27.9 Å². The van der Waals surface area contributed by atoms with Crippen molar-refractivity contribution < 1.29 is 9.53 Å². The van der Waals surface area contributed by atoms with Crippen LogP contribution in [-0.2, 0) is 0 Å². The molecule has 2 N–H and O–H groups in total. The van der Waals surface area contributed by atoms with E-state index in [2.05, 4.69) is 10.6 Å². The molecule has 2 amide bonds. The molecule has 0 atom stereocenters. The van der Waals surface area contributed by atoms with Gasteiger partial charge in [0.1, 0.15) is 17.4 Å². The molecule has 0 aliphatic heterocycles. The minimum Gasteiger partial charge on any atom is -0.490 e. The van der Waals surface area contributed by atoms with Gasteiger partial charge in [-0.1, -0.05) is 29.3 Å². The Morgan fingerprint density at radius 2 is 1.76 bits per heavy atom. The molecule has 1 aromatic carbocycles. The van der Waals surface area contributed by atoms with Gasteiger partial charge in [0.2, 0.25) is 0 Å². The third-order valence-corrected chi connectivity index (χ3v) is 6.78. The highest BCUT2D eigenvalue weighted by Crippen LogP contribution is 2.55. The van der Waals surface area contributed by atoms with Gasteiger partial charge in [-0.3, -0.25) is 0 Å². The minimum atomic E-state index is -0.0808. The average Bonchev–Trinajstić information content (AvgIpc) is 2.53. The van der Waals surface area contributed by atoms with Gasteiger partial charge in [-0.2, -0.15) is 0 Å². The summed E-state index contributed by atoms with van der Waals surface area (Å²) in [5.41, 5.74) is 0.0377. The Morgan fingerprint density at radius 3 is 2.40 bits per heavy atom. The maximum absolute atomic E-state index is 12.3. The maximum Gasteiger partial charge on any atom is 0.315 e. The van der Waals surface area contributed by atoms with E-state index in [1.165, 1.54) is 19.3 Å². The molecular weight excluding hydrogens is 359 g/mol. The number of nitrogens with one attached hydrogen (secondary N) is 2. The first kappa shape index (κ1) is 17.3. The van der Waals surface area contributed by atoms with Gasteiger partial charge in [0, 0.05) is 5.54 Å². The fourth-order valence-corrected chi connectivity index (χ4v) is 5.82. The number of carbonyl (C=O) groups excluding carboxylic acids is 1. The van der Waals surface area contributed by atoms with E-state index < -0.39 is 0 Å². The van der Waals surface area contributed by atoms with Crippen LogP contribution in [0.25, 0.3) is 0 Å². The highest BCUT2D eigenvalue weighted by atomic mass is 35.5. The lowest BCUT2D eigenvalue weighted by atomic mass is 9.53. The van der Waals surface area contributed by atoms with Crippen LogP contribution in [0.15, 0.2) is 18.2 Å². The molecule has 0 unspecified atom stereocenters. The summed E-state index contributed by atoms with van der Waals surface area (Å²) in [4.78, 5) is 12.3. The van der Waals surface area contributed by atoms with Crippen molar-refractivity contribution >= 4 is 29.2 Å². The molecule has 4 nitrogen and oxygen atoms in total. The predicted molar refractivity (Wildman–Crippen MR) is 99.4 cm³/mol. The molecule has 0 heterocycles. The number of rotatable bonds is 5. The van der Waals surface area contributed by atoms with Gasteiger partial charge in [0.25, 0.3) is 0 Å². The zero-order chi connectivity index (χ0) is 17.4. The third-order valence-electron chi connectivity index (χ3n) is 5.98. The number of halogens is 2. The van der Waals surface area contributed by atoms with Crippen LogP contribution in [0, 0.1) is 17.8 Å². The first-order valence-corrected chi connectivity index (χ1v) is 9.91. The SMILES string of the molecule is O=C(NCCOc1cccc(Cl)c1Cl)NC12CC3CC(CC(C3)C1)C2. The van der Waals surface area contributed by atoms with Gasteiger partial charge < -0.3 is 15.4 Å². The Kier molecular flexibility index (Phi) is 4.76. The fraction of sp³-hybridized carbons (Fsp3) is 0.632. The van der Waals surface area contributed by atoms with Crippen LogP contribution in [0.1, 0.15) is 38.5 Å². The van der Waals surface area contributed by atoms with Gasteiger partial charge in [-0.05, 0) is 68.4 Å². The second-order valence-electron chi connectivity index (χ2n) is 7.98. The summed E-state index contributed by atoms with van der Waals surface area (Å²) in [5, 5.41) is 7.07. The number of amides is 2. The highest BCUT2D eigenvalue weighted by molar-refractivity contribution is 6.42.